The summed E-state index contributed by atoms with van der Waals surface area (Å²) in [4.78, 5) is 4.56. The van der Waals surface area contributed by atoms with E-state index in [1.54, 1.807) is 13.8 Å². The summed E-state index contributed by atoms with van der Waals surface area (Å²) in [7, 11) is -3.67. The summed E-state index contributed by atoms with van der Waals surface area (Å²) in [6.07, 6.45) is 0.421. The molecule has 0 saturated carbocycles. The van der Waals surface area contributed by atoms with Crippen LogP contribution in [-0.2, 0) is 16.4 Å². The van der Waals surface area contributed by atoms with Gasteiger partial charge in [-0.1, -0.05) is 23.4 Å². The molecular formula is C17H19N3O4S. The second-order valence-corrected chi connectivity index (χ2v) is 7.39. The zero-order valence-electron chi connectivity index (χ0n) is 14.2. The van der Waals surface area contributed by atoms with Crippen molar-refractivity contribution in [3.8, 4) is 11.5 Å². The van der Waals surface area contributed by atoms with Gasteiger partial charge in [0.1, 0.15) is 16.3 Å². The molecule has 3 aromatic rings. The molecule has 132 valence electrons. The molecule has 2 aromatic heterocycles. The molecule has 0 atom stereocenters. The van der Waals surface area contributed by atoms with E-state index in [2.05, 4.69) is 14.9 Å². The lowest BCUT2D eigenvalue weighted by Gasteiger charge is -2.05. The minimum absolute atomic E-state index is 0.0920. The van der Waals surface area contributed by atoms with Gasteiger partial charge in [-0.3, -0.25) is 0 Å². The number of aryl methyl sites for hydroxylation is 3. The van der Waals surface area contributed by atoms with E-state index in [0.717, 1.165) is 11.3 Å². The molecule has 0 aliphatic heterocycles. The molecule has 0 bridgehead atoms. The largest absolute Gasteiger partial charge is 0.441 e. The Bertz CT molecular complexity index is 955. The monoisotopic (exact) mass is 361 g/mol. The lowest BCUT2D eigenvalue weighted by Crippen LogP contribution is -2.27. The SMILES string of the molecule is Cc1noc(C)c1S(=O)(=O)NCCc1nc(-c2ccccc2)oc1C. The van der Waals surface area contributed by atoms with Gasteiger partial charge in [0.05, 0.1) is 5.69 Å². The molecule has 25 heavy (non-hydrogen) atoms. The summed E-state index contributed by atoms with van der Waals surface area (Å²) in [6, 6.07) is 9.56. The second kappa shape index (κ2) is 6.81. The summed E-state index contributed by atoms with van der Waals surface area (Å²) in [5, 5.41) is 3.68. The molecule has 3 rings (SSSR count). The van der Waals surface area contributed by atoms with Crippen molar-refractivity contribution in [3.63, 3.8) is 0 Å². The van der Waals surface area contributed by atoms with Crippen molar-refractivity contribution >= 4 is 10.0 Å². The lowest BCUT2D eigenvalue weighted by molar-refractivity contribution is 0.390. The summed E-state index contributed by atoms with van der Waals surface area (Å²) in [5.41, 5.74) is 1.95. The van der Waals surface area contributed by atoms with Gasteiger partial charge in [-0.25, -0.2) is 18.1 Å². The summed E-state index contributed by atoms with van der Waals surface area (Å²) in [6.45, 7) is 5.19. The van der Waals surface area contributed by atoms with Gasteiger partial charge < -0.3 is 8.94 Å². The van der Waals surface area contributed by atoms with Gasteiger partial charge in [-0.2, -0.15) is 0 Å². The van der Waals surface area contributed by atoms with E-state index < -0.39 is 10.0 Å². The summed E-state index contributed by atoms with van der Waals surface area (Å²) >= 11 is 0. The Morgan fingerprint density at radius 1 is 1.08 bits per heavy atom. The van der Waals surface area contributed by atoms with Crippen molar-refractivity contribution in [1.82, 2.24) is 14.9 Å². The van der Waals surface area contributed by atoms with E-state index in [1.807, 2.05) is 37.3 Å². The van der Waals surface area contributed by atoms with Crippen molar-refractivity contribution < 1.29 is 17.4 Å². The number of nitrogens with zero attached hydrogens (tertiary/aromatic N) is 2. The van der Waals surface area contributed by atoms with E-state index in [-0.39, 0.29) is 17.2 Å². The summed E-state index contributed by atoms with van der Waals surface area (Å²) < 4.78 is 37.9. The number of sulfonamides is 1. The first kappa shape index (κ1) is 17.4. The third-order valence-corrected chi connectivity index (χ3v) is 5.51. The topological polar surface area (TPSA) is 98.2 Å². The van der Waals surface area contributed by atoms with Crippen LogP contribution in [-0.4, -0.2) is 25.1 Å². The maximum atomic E-state index is 12.4. The number of hydrogen-bond acceptors (Lipinski definition) is 6. The summed E-state index contributed by atoms with van der Waals surface area (Å²) in [5.74, 6) is 1.48. The van der Waals surface area contributed by atoms with Crippen LogP contribution in [0.4, 0.5) is 0 Å². The maximum Gasteiger partial charge on any atom is 0.245 e. The Morgan fingerprint density at radius 3 is 2.44 bits per heavy atom. The first-order chi connectivity index (χ1) is 11.9. The minimum Gasteiger partial charge on any atom is -0.441 e. The van der Waals surface area contributed by atoms with Crippen LogP contribution in [0.5, 0.6) is 0 Å². The van der Waals surface area contributed by atoms with Gasteiger partial charge in [0.2, 0.25) is 15.9 Å². The van der Waals surface area contributed by atoms with E-state index in [0.29, 0.717) is 23.8 Å². The molecule has 0 fully saturated rings. The van der Waals surface area contributed by atoms with Crippen LogP contribution in [0.15, 0.2) is 44.2 Å². The van der Waals surface area contributed by atoms with Gasteiger partial charge in [-0.15, -0.1) is 0 Å². The van der Waals surface area contributed by atoms with E-state index in [1.165, 1.54) is 0 Å². The van der Waals surface area contributed by atoms with Gasteiger partial charge in [-0.05, 0) is 32.9 Å². The molecule has 0 saturated heterocycles. The number of oxazole rings is 1. The Hall–Kier alpha value is -2.45. The van der Waals surface area contributed by atoms with Crippen LogP contribution in [0.3, 0.4) is 0 Å². The van der Waals surface area contributed by atoms with Crippen LogP contribution in [0.2, 0.25) is 0 Å². The van der Waals surface area contributed by atoms with Crippen molar-refractivity contribution in [2.45, 2.75) is 32.1 Å². The molecular weight excluding hydrogens is 342 g/mol. The Labute approximate surface area is 146 Å². The second-order valence-electron chi connectivity index (χ2n) is 5.69. The van der Waals surface area contributed by atoms with Gasteiger partial charge in [0.25, 0.3) is 0 Å². The Kier molecular flexibility index (Phi) is 4.73. The van der Waals surface area contributed by atoms with Gasteiger partial charge in [0.15, 0.2) is 5.76 Å². The molecule has 8 heteroatoms. The highest BCUT2D eigenvalue weighted by Gasteiger charge is 2.24. The first-order valence-electron chi connectivity index (χ1n) is 7.83. The molecule has 0 aliphatic rings. The molecule has 0 unspecified atom stereocenters. The lowest BCUT2D eigenvalue weighted by atomic mass is 10.2. The van der Waals surface area contributed by atoms with Crippen molar-refractivity contribution in [2.75, 3.05) is 6.54 Å². The van der Waals surface area contributed by atoms with Crippen LogP contribution in [0.25, 0.3) is 11.5 Å². The quantitative estimate of drug-likeness (QED) is 0.725. The number of benzene rings is 1. The molecule has 0 spiro atoms. The van der Waals surface area contributed by atoms with E-state index in [9.17, 15) is 8.42 Å². The molecule has 0 radical (unpaired) electrons. The van der Waals surface area contributed by atoms with Crippen molar-refractivity contribution in [2.24, 2.45) is 0 Å². The molecule has 1 aromatic carbocycles. The Balaban J connectivity index is 1.70. The number of rotatable bonds is 6. The van der Waals surface area contributed by atoms with E-state index in [4.69, 9.17) is 8.94 Å². The first-order valence-corrected chi connectivity index (χ1v) is 9.31. The molecule has 1 N–H and O–H groups in total. The fourth-order valence-electron chi connectivity index (χ4n) is 2.60. The minimum atomic E-state index is -3.67. The van der Waals surface area contributed by atoms with Crippen molar-refractivity contribution in [3.05, 3.63) is 53.2 Å². The van der Waals surface area contributed by atoms with Crippen molar-refractivity contribution in [1.29, 1.82) is 0 Å². The molecule has 0 aliphatic carbocycles. The van der Waals surface area contributed by atoms with E-state index >= 15 is 0 Å². The maximum absolute atomic E-state index is 12.4. The highest BCUT2D eigenvalue weighted by Crippen LogP contribution is 2.22. The highest BCUT2D eigenvalue weighted by atomic mass is 32.2. The number of nitrogens with one attached hydrogen (secondary N) is 1. The highest BCUT2D eigenvalue weighted by molar-refractivity contribution is 7.89. The third-order valence-electron chi connectivity index (χ3n) is 3.80. The smallest absolute Gasteiger partial charge is 0.245 e. The third kappa shape index (κ3) is 3.64. The van der Waals surface area contributed by atoms with Crippen LogP contribution >= 0.6 is 0 Å². The molecule has 2 heterocycles. The fraction of sp³-hybridized carbons (Fsp3) is 0.294. The predicted octanol–water partition coefficient (Wildman–Crippen LogP) is 2.78. The zero-order valence-corrected chi connectivity index (χ0v) is 15.1. The van der Waals surface area contributed by atoms with Gasteiger partial charge in [0, 0.05) is 18.5 Å². The predicted molar refractivity (Wildman–Crippen MR) is 91.5 cm³/mol. The van der Waals surface area contributed by atoms with Crippen LogP contribution < -0.4 is 4.72 Å². The molecule has 0 amide bonds. The number of hydrogen-bond donors (Lipinski definition) is 1. The van der Waals surface area contributed by atoms with Gasteiger partial charge >= 0.3 is 0 Å². The Morgan fingerprint density at radius 2 is 1.80 bits per heavy atom. The average molecular weight is 361 g/mol. The van der Waals surface area contributed by atoms with Crippen LogP contribution in [0.1, 0.15) is 22.9 Å². The average Bonchev–Trinajstić information content (AvgIpc) is 3.11. The molecule has 7 nitrogen and oxygen atoms in total. The van der Waals surface area contributed by atoms with Crippen LogP contribution in [0, 0.1) is 20.8 Å². The number of aromatic nitrogens is 2. The fourth-order valence-corrected chi connectivity index (χ4v) is 3.96. The zero-order chi connectivity index (χ0) is 18.0. The standard InChI is InChI=1S/C17H19N3O4S/c1-11-16(13(3)24-20-11)25(21,22)18-10-9-15-12(2)23-17(19-15)14-7-5-4-6-8-14/h4-8,18H,9-10H2,1-3H3. The normalized spacial score (nSPS) is 11.8.